The molecule has 2 amide bonds. The van der Waals surface area contributed by atoms with E-state index in [0.717, 1.165) is 5.56 Å². The van der Waals surface area contributed by atoms with E-state index in [0.29, 0.717) is 11.8 Å². The molecule has 1 aromatic heterocycles. The largest absolute Gasteiger partial charge is 0.474 e. The molecule has 0 fully saturated rings. The Morgan fingerprint density at radius 2 is 2.12 bits per heavy atom. The van der Waals surface area contributed by atoms with Gasteiger partial charge in [-0.05, 0) is 16.8 Å². The minimum atomic E-state index is -0.699. The maximum atomic E-state index is 11.6. The minimum Gasteiger partial charge on any atom is -0.474 e. The molecule has 0 saturated carbocycles. The molecule has 126 valence electrons. The van der Waals surface area contributed by atoms with Crippen LogP contribution in [0.25, 0.3) is 6.08 Å². The fraction of sp³-hybridized carbons (Fsp3) is 0.133. The summed E-state index contributed by atoms with van der Waals surface area (Å²) in [4.78, 5) is 22.5. The van der Waals surface area contributed by atoms with Crippen LogP contribution in [0.1, 0.15) is 5.56 Å². The summed E-state index contributed by atoms with van der Waals surface area (Å²) in [5.74, 6) is -0.0595. The molecule has 0 spiro atoms. The SMILES string of the molecule is O=C(/C=C/c1ccccc1)NCCOc1cc(SC(=O)NO)on1. The van der Waals surface area contributed by atoms with Gasteiger partial charge in [-0.2, -0.15) is 0 Å². The molecule has 0 radical (unpaired) electrons. The summed E-state index contributed by atoms with van der Waals surface area (Å²) in [5, 5.41) is 14.1. The lowest BCUT2D eigenvalue weighted by molar-refractivity contribution is -0.116. The molecule has 0 saturated heterocycles. The van der Waals surface area contributed by atoms with Gasteiger partial charge in [0.2, 0.25) is 11.0 Å². The van der Waals surface area contributed by atoms with E-state index in [9.17, 15) is 9.59 Å². The van der Waals surface area contributed by atoms with Crippen LogP contribution < -0.4 is 15.5 Å². The summed E-state index contributed by atoms with van der Waals surface area (Å²) in [6, 6.07) is 10.9. The highest BCUT2D eigenvalue weighted by atomic mass is 32.2. The number of thioether (sulfide) groups is 1. The predicted octanol–water partition coefficient (Wildman–Crippen LogP) is 2.07. The minimum absolute atomic E-state index is 0.173. The molecule has 0 aliphatic heterocycles. The monoisotopic (exact) mass is 349 g/mol. The second-order valence-electron chi connectivity index (χ2n) is 4.37. The zero-order chi connectivity index (χ0) is 17.2. The van der Waals surface area contributed by atoms with E-state index in [-0.39, 0.29) is 30.0 Å². The van der Waals surface area contributed by atoms with Gasteiger partial charge in [0.25, 0.3) is 5.88 Å². The Labute approximate surface area is 141 Å². The molecule has 0 unspecified atom stereocenters. The quantitative estimate of drug-likeness (QED) is 0.230. The average Bonchev–Trinajstić information content (AvgIpc) is 3.05. The average molecular weight is 349 g/mol. The smallest absolute Gasteiger partial charge is 0.310 e. The second-order valence-corrected chi connectivity index (χ2v) is 5.35. The van der Waals surface area contributed by atoms with E-state index < -0.39 is 5.24 Å². The van der Waals surface area contributed by atoms with Crippen LogP contribution in [0.15, 0.2) is 52.1 Å². The van der Waals surface area contributed by atoms with E-state index in [2.05, 4.69) is 10.5 Å². The number of ether oxygens (including phenoxy) is 1. The van der Waals surface area contributed by atoms with E-state index in [4.69, 9.17) is 14.5 Å². The molecule has 8 nitrogen and oxygen atoms in total. The third-order valence-corrected chi connectivity index (χ3v) is 3.30. The first kappa shape index (κ1) is 17.6. The number of rotatable bonds is 7. The summed E-state index contributed by atoms with van der Waals surface area (Å²) in [6.07, 6.45) is 3.15. The normalized spacial score (nSPS) is 10.5. The summed E-state index contributed by atoms with van der Waals surface area (Å²) < 4.78 is 10.1. The molecule has 2 rings (SSSR count). The van der Waals surface area contributed by atoms with Crippen LogP contribution in [-0.4, -0.2) is 34.7 Å². The first-order valence-corrected chi connectivity index (χ1v) is 7.71. The van der Waals surface area contributed by atoms with Crippen molar-refractivity contribution in [1.29, 1.82) is 0 Å². The van der Waals surface area contributed by atoms with Crippen molar-refractivity contribution in [3.63, 3.8) is 0 Å². The van der Waals surface area contributed by atoms with Gasteiger partial charge in [-0.1, -0.05) is 30.3 Å². The number of benzene rings is 1. The molecule has 9 heteroatoms. The maximum absolute atomic E-state index is 11.6. The van der Waals surface area contributed by atoms with Gasteiger partial charge >= 0.3 is 5.24 Å². The van der Waals surface area contributed by atoms with Crippen LogP contribution in [0.3, 0.4) is 0 Å². The van der Waals surface area contributed by atoms with Crippen LogP contribution in [0, 0.1) is 0 Å². The zero-order valence-corrected chi connectivity index (χ0v) is 13.3. The van der Waals surface area contributed by atoms with Crippen molar-refractivity contribution < 1.29 is 24.1 Å². The van der Waals surface area contributed by atoms with Crippen LogP contribution >= 0.6 is 11.8 Å². The molecular formula is C15H15N3O5S. The highest BCUT2D eigenvalue weighted by Crippen LogP contribution is 2.22. The number of hydrogen-bond donors (Lipinski definition) is 3. The zero-order valence-electron chi connectivity index (χ0n) is 12.5. The molecule has 0 atom stereocenters. The highest BCUT2D eigenvalue weighted by Gasteiger charge is 2.10. The summed E-state index contributed by atoms with van der Waals surface area (Å²) in [5.41, 5.74) is 2.39. The topological polar surface area (TPSA) is 114 Å². The van der Waals surface area contributed by atoms with Crippen LogP contribution in [0.4, 0.5) is 4.79 Å². The Balaban J connectivity index is 1.66. The van der Waals surface area contributed by atoms with Gasteiger partial charge in [-0.15, -0.1) is 0 Å². The lowest BCUT2D eigenvalue weighted by Crippen LogP contribution is -2.26. The van der Waals surface area contributed by atoms with E-state index in [1.807, 2.05) is 30.3 Å². The van der Waals surface area contributed by atoms with Crippen molar-refractivity contribution in [1.82, 2.24) is 16.0 Å². The van der Waals surface area contributed by atoms with E-state index >= 15 is 0 Å². The third kappa shape index (κ3) is 6.15. The molecular weight excluding hydrogens is 334 g/mol. The Morgan fingerprint density at radius 1 is 1.33 bits per heavy atom. The standard InChI is InChI=1S/C15H15N3O5S/c19-12(7-6-11-4-2-1-3-5-11)16-8-9-22-13-10-14(23-18-13)24-15(20)17-21/h1-7,10,21H,8-9H2,(H,16,19)(H,17,20)/b7-6+. The Kier molecular flexibility index (Phi) is 6.87. The van der Waals surface area contributed by atoms with Crippen molar-refractivity contribution in [2.45, 2.75) is 5.09 Å². The van der Waals surface area contributed by atoms with Gasteiger partial charge in [0.05, 0.1) is 12.6 Å². The van der Waals surface area contributed by atoms with Gasteiger partial charge in [-0.3, -0.25) is 14.8 Å². The lowest BCUT2D eigenvalue weighted by atomic mass is 10.2. The molecule has 0 aliphatic carbocycles. The molecule has 1 aromatic carbocycles. The van der Waals surface area contributed by atoms with Gasteiger partial charge < -0.3 is 14.6 Å². The first-order valence-electron chi connectivity index (χ1n) is 6.90. The lowest BCUT2D eigenvalue weighted by Gasteiger charge is -2.02. The summed E-state index contributed by atoms with van der Waals surface area (Å²) in [6.45, 7) is 0.470. The summed E-state index contributed by atoms with van der Waals surface area (Å²) >= 11 is 0.625. The second kappa shape index (κ2) is 9.38. The number of hydrogen-bond acceptors (Lipinski definition) is 7. The number of nitrogens with zero attached hydrogens (tertiary/aromatic N) is 1. The van der Waals surface area contributed by atoms with Gasteiger partial charge in [0.15, 0.2) is 0 Å². The molecule has 0 bridgehead atoms. The molecule has 3 N–H and O–H groups in total. The molecule has 1 heterocycles. The highest BCUT2D eigenvalue weighted by molar-refractivity contribution is 8.13. The number of nitrogens with one attached hydrogen (secondary N) is 2. The fourth-order valence-corrected chi connectivity index (χ4v) is 2.06. The van der Waals surface area contributed by atoms with Gasteiger partial charge in [0, 0.05) is 17.8 Å². The Bertz CT molecular complexity index is 702. The van der Waals surface area contributed by atoms with Crippen molar-refractivity contribution in [3.05, 3.63) is 48.0 Å². The first-order chi connectivity index (χ1) is 11.7. The molecule has 0 aliphatic rings. The van der Waals surface area contributed by atoms with Gasteiger partial charge in [-0.25, -0.2) is 5.48 Å². The third-order valence-electron chi connectivity index (χ3n) is 2.63. The molecule has 24 heavy (non-hydrogen) atoms. The van der Waals surface area contributed by atoms with Crippen molar-refractivity contribution in [3.8, 4) is 5.88 Å². The Hall–Kier alpha value is -2.78. The number of hydroxylamine groups is 1. The fourth-order valence-electron chi connectivity index (χ4n) is 1.60. The van der Waals surface area contributed by atoms with Crippen LogP contribution in [0.5, 0.6) is 5.88 Å². The van der Waals surface area contributed by atoms with Crippen molar-refractivity contribution in [2.75, 3.05) is 13.2 Å². The van der Waals surface area contributed by atoms with E-state index in [1.54, 1.807) is 6.08 Å². The number of carbonyl (C=O) groups is 2. The predicted molar refractivity (Wildman–Crippen MR) is 86.7 cm³/mol. The van der Waals surface area contributed by atoms with Crippen molar-refractivity contribution >= 4 is 29.0 Å². The van der Waals surface area contributed by atoms with Crippen LogP contribution in [0.2, 0.25) is 0 Å². The Morgan fingerprint density at radius 3 is 2.88 bits per heavy atom. The van der Waals surface area contributed by atoms with Gasteiger partial charge in [0.1, 0.15) is 6.61 Å². The van der Waals surface area contributed by atoms with E-state index in [1.165, 1.54) is 17.6 Å². The maximum Gasteiger partial charge on any atom is 0.310 e. The molecule has 2 aromatic rings. The number of amides is 2. The number of carbonyl (C=O) groups excluding carboxylic acids is 2. The van der Waals surface area contributed by atoms with Crippen LogP contribution in [-0.2, 0) is 4.79 Å². The summed E-state index contributed by atoms with van der Waals surface area (Å²) in [7, 11) is 0. The van der Waals surface area contributed by atoms with Crippen molar-refractivity contribution in [2.24, 2.45) is 0 Å². The number of aromatic nitrogens is 1.